The van der Waals surface area contributed by atoms with E-state index in [1.807, 2.05) is 30.3 Å². The van der Waals surface area contributed by atoms with E-state index in [4.69, 9.17) is 0 Å². The lowest BCUT2D eigenvalue weighted by Crippen LogP contribution is -2.28. The van der Waals surface area contributed by atoms with Crippen molar-refractivity contribution >= 4 is 28.9 Å². The van der Waals surface area contributed by atoms with Crippen LogP contribution in [0.25, 0.3) is 10.9 Å². The minimum atomic E-state index is -0.222. The minimum Gasteiger partial charge on any atom is -0.340 e. The quantitative estimate of drug-likeness (QED) is 0.369. The smallest absolute Gasteiger partial charge is 0.254 e. The molecule has 4 atom stereocenters. The summed E-state index contributed by atoms with van der Waals surface area (Å²) in [5.74, 6) is -0.342. The number of aromatic nitrogens is 1. The number of rotatable bonds is 4. The summed E-state index contributed by atoms with van der Waals surface area (Å²) < 4.78 is 2.26. The highest BCUT2D eigenvalue weighted by molar-refractivity contribution is 6.08. The monoisotopic (exact) mass is 409 g/mol. The second-order valence-electron chi connectivity index (χ2n) is 8.82. The molecule has 1 aliphatic heterocycles. The maximum absolute atomic E-state index is 13.0. The topological polar surface area (TPSA) is 54.7 Å². The molecule has 2 amide bonds. The lowest BCUT2D eigenvalue weighted by molar-refractivity contribution is -0.140. The standard InChI is InChI=1S/C26H23N3O2/c1-16-21(14-27-29-25(30)23-18-11-12-19(13-18)24(23)26(29)31)20-9-5-6-10-22(20)28(16)15-17-7-3-2-4-8-17/h2-12,14,18-19,23-24H,13,15H2,1H3/t18-,19-,23-,24+/m0/s1. The van der Waals surface area contributed by atoms with Crippen molar-refractivity contribution in [3.63, 3.8) is 0 Å². The third kappa shape index (κ3) is 2.66. The van der Waals surface area contributed by atoms with Gasteiger partial charge in [0.25, 0.3) is 11.8 Å². The molecular formula is C26H23N3O2. The Morgan fingerprint density at radius 1 is 0.935 bits per heavy atom. The molecule has 1 saturated heterocycles. The number of allylic oxidation sites excluding steroid dienone is 2. The molecule has 154 valence electrons. The van der Waals surface area contributed by atoms with Gasteiger partial charge in [0.15, 0.2) is 0 Å². The number of hydrogen-bond acceptors (Lipinski definition) is 3. The van der Waals surface area contributed by atoms with Crippen LogP contribution in [-0.2, 0) is 16.1 Å². The van der Waals surface area contributed by atoms with Crippen LogP contribution in [0.1, 0.15) is 23.2 Å². The Kier molecular flexibility index (Phi) is 4.00. The summed E-state index contributed by atoms with van der Waals surface area (Å²) in [6.07, 6.45) is 6.83. The highest BCUT2D eigenvalue weighted by Gasteiger charge is 2.59. The van der Waals surface area contributed by atoms with Crippen LogP contribution in [0, 0.1) is 30.6 Å². The highest BCUT2D eigenvalue weighted by Crippen LogP contribution is 2.52. The second-order valence-corrected chi connectivity index (χ2v) is 8.82. The SMILES string of the molecule is Cc1c(C=NN2C(=O)[C@@H]3[C@H](C2=O)[C@H]2C=C[C@H]3C2)c2ccccc2n1Cc1ccccc1. The molecule has 2 heterocycles. The minimum absolute atomic E-state index is 0.145. The molecule has 2 aliphatic carbocycles. The maximum Gasteiger partial charge on any atom is 0.254 e. The van der Waals surface area contributed by atoms with Gasteiger partial charge in [-0.1, -0.05) is 60.7 Å². The van der Waals surface area contributed by atoms with E-state index in [1.165, 1.54) is 5.56 Å². The fourth-order valence-corrected chi connectivity index (χ4v) is 5.71. The van der Waals surface area contributed by atoms with Gasteiger partial charge in [-0.3, -0.25) is 9.59 Å². The van der Waals surface area contributed by atoms with Crippen LogP contribution in [-0.4, -0.2) is 27.6 Å². The summed E-state index contributed by atoms with van der Waals surface area (Å²) >= 11 is 0. The van der Waals surface area contributed by atoms with Crippen LogP contribution >= 0.6 is 0 Å². The lowest BCUT2D eigenvalue weighted by Gasteiger charge is -2.13. The summed E-state index contributed by atoms with van der Waals surface area (Å²) in [5.41, 5.74) is 4.35. The first-order valence-corrected chi connectivity index (χ1v) is 10.9. The summed E-state index contributed by atoms with van der Waals surface area (Å²) in [4.78, 5) is 25.9. The van der Waals surface area contributed by atoms with Crippen LogP contribution in [0.5, 0.6) is 0 Å². The van der Waals surface area contributed by atoms with E-state index in [2.05, 4.69) is 53.0 Å². The number of fused-ring (bicyclic) bond motifs is 6. The number of benzene rings is 2. The van der Waals surface area contributed by atoms with Gasteiger partial charge in [-0.05, 0) is 36.8 Å². The molecule has 0 radical (unpaired) electrons. The van der Waals surface area contributed by atoms with Gasteiger partial charge in [0.2, 0.25) is 0 Å². The van der Waals surface area contributed by atoms with E-state index < -0.39 is 0 Å². The lowest BCUT2D eigenvalue weighted by atomic mass is 9.85. The highest BCUT2D eigenvalue weighted by atomic mass is 16.2. The van der Waals surface area contributed by atoms with E-state index in [0.29, 0.717) is 0 Å². The first-order valence-electron chi connectivity index (χ1n) is 10.9. The molecule has 0 N–H and O–H groups in total. The normalized spacial score (nSPS) is 26.7. The van der Waals surface area contributed by atoms with E-state index >= 15 is 0 Å². The molecular weight excluding hydrogens is 386 g/mol. The van der Waals surface area contributed by atoms with Gasteiger partial charge in [0.05, 0.1) is 18.1 Å². The van der Waals surface area contributed by atoms with Crippen LogP contribution in [0.2, 0.25) is 0 Å². The molecule has 1 saturated carbocycles. The Morgan fingerprint density at radius 2 is 1.58 bits per heavy atom. The fourth-order valence-electron chi connectivity index (χ4n) is 5.71. The number of carbonyl (C=O) groups excluding carboxylic acids is 2. The van der Waals surface area contributed by atoms with Crippen molar-refractivity contribution in [2.75, 3.05) is 0 Å². The summed E-state index contributed by atoms with van der Waals surface area (Å²) in [6, 6.07) is 18.5. The predicted octanol–water partition coefficient (Wildman–Crippen LogP) is 4.14. The number of para-hydroxylation sites is 1. The summed E-state index contributed by atoms with van der Waals surface area (Å²) in [5, 5.41) is 6.63. The zero-order chi connectivity index (χ0) is 21.1. The molecule has 1 aromatic heterocycles. The molecule has 2 bridgehead atoms. The molecule has 6 rings (SSSR count). The first kappa shape index (κ1) is 18.3. The largest absolute Gasteiger partial charge is 0.340 e. The van der Waals surface area contributed by atoms with Gasteiger partial charge in [0.1, 0.15) is 0 Å². The average Bonchev–Trinajstić information content (AvgIpc) is 3.53. The van der Waals surface area contributed by atoms with Gasteiger partial charge in [-0.15, -0.1) is 0 Å². The molecule has 31 heavy (non-hydrogen) atoms. The molecule has 0 spiro atoms. The van der Waals surface area contributed by atoms with Crippen LogP contribution in [0.15, 0.2) is 71.9 Å². The van der Waals surface area contributed by atoms with Crippen molar-refractivity contribution in [2.45, 2.75) is 19.9 Å². The van der Waals surface area contributed by atoms with Crippen molar-refractivity contribution < 1.29 is 9.59 Å². The Balaban J connectivity index is 1.36. The summed E-state index contributed by atoms with van der Waals surface area (Å²) in [7, 11) is 0. The number of carbonyl (C=O) groups is 2. The number of nitrogens with zero attached hydrogens (tertiary/aromatic N) is 3. The zero-order valence-electron chi connectivity index (χ0n) is 17.3. The maximum atomic E-state index is 13.0. The molecule has 3 aromatic rings. The Morgan fingerprint density at radius 3 is 2.29 bits per heavy atom. The van der Waals surface area contributed by atoms with Crippen LogP contribution in [0.3, 0.4) is 0 Å². The Bertz CT molecular complexity index is 1240. The number of imide groups is 1. The van der Waals surface area contributed by atoms with Crippen LogP contribution < -0.4 is 0 Å². The third-order valence-corrected chi connectivity index (χ3v) is 7.21. The third-order valence-electron chi connectivity index (χ3n) is 7.21. The number of hydrogen-bond donors (Lipinski definition) is 0. The van der Waals surface area contributed by atoms with Gasteiger partial charge < -0.3 is 4.57 Å². The van der Waals surface area contributed by atoms with Crippen molar-refractivity contribution in [1.29, 1.82) is 0 Å². The van der Waals surface area contributed by atoms with Gasteiger partial charge in [-0.25, -0.2) is 0 Å². The van der Waals surface area contributed by atoms with Crippen LogP contribution in [0.4, 0.5) is 0 Å². The molecule has 5 heteroatoms. The second kappa shape index (κ2) is 6.77. The zero-order valence-corrected chi connectivity index (χ0v) is 17.3. The Labute approximate surface area is 180 Å². The van der Waals surface area contributed by atoms with Crippen molar-refractivity contribution in [3.05, 3.63) is 83.6 Å². The van der Waals surface area contributed by atoms with E-state index in [-0.39, 0.29) is 35.5 Å². The first-order chi connectivity index (χ1) is 15.1. The molecule has 3 aliphatic rings. The molecule has 2 aromatic carbocycles. The molecule has 2 fully saturated rings. The number of hydrazone groups is 1. The fraction of sp³-hybridized carbons (Fsp3) is 0.269. The van der Waals surface area contributed by atoms with Gasteiger partial charge in [-0.2, -0.15) is 10.1 Å². The predicted molar refractivity (Wildman–Crippen MR) is 119 cm³/mol. The van der Waals surface area contributed by atoms with Crippen molar-refractivity contribution in [3.8, 4) is 0 Å². The molecule has 5 nitrogen and oxygen atoms in total. The van der Waals surface area contributed by atoms with Crippen molar-refractivity contribution in [2.24, 2.45) is 28.8 Å². The Hall–Kier alpha value is -3.47. The van der Waals surface area contributed by atoms with Crippen molar-refractivity contribution in [1.82, 2.24) is 9.58 Å². The van der Waals surface area contributed by atoms with Gasteiger partial charge >= 0.3 is 0 Å². The molecule has 0 unspecified atom stereocenters. The summed E-state index contributed by atoms with van der Waals surface area (Å²) in [6.45, 7) is 2.82. The average molecular weight is 409 g/mol. The van der Waals surface area contributed by atoms with E-state index in [1.54, 1.807) is 6.21 Å². The van der Waals surface area contributed by atoms with E-state index in [9.17, 15) is 9.59 Å². The number of amides is 2. The van der Waals surface area contributed by atoms with Gasteiger partial charge in [0, 0.05) is 28.7 Å². The van der Waals surface area contributed by atoms with E-state index in [0.717, 1.165) is 40.1 Å².